The number of carbonyl (C=O) groups excluding carboxylic acids is 2. The van der Waals surface area contributed by atoms with Gasteiger partial charge in [-0.2, -0.15) is 0 Å². The molecule has 0 bridgehead atoms. The first-order valence-corrected chi connectivity index (χ1v) is 10.2. The second-order valence-corrected chi connectivity index (χ2v) is 9.97. The number of aliphatic hydroxyl groups excluding tert-OH is 2. The molecule has 5 nitrogen and oxygen atoms in total. The first-order chi connectivity index (χ1) is 13.0. The standard InChI is InChI=1S/C21H26ClFO5/c1-18-5-3-11(25)7-14(18)15(23)8-13-12-4-6-20(28,17(27)10-24)19(12,2)9-16(26)21(13,18)22/h3,5,7,12-13,15-16,24,26,28H,4,6,8-10H2,1-2H3/t12-,13-,15?,16?,18-,19-,20-,21-/m0/s1. The van der Waals surface area contributed by atoms with Crippen LogP contribution in [0.15, 0.2) is 23.8 Å². The van der Waals surface area contributed by atoms with Gasteiger partial charge in [0.05, 0.1) is 11.0 Å². The van der Waals surface area contributed by atoms with Gasteiger partial charge in [-0.3, -0.25) is 9.59 Å². The lowest BCUT2D eigenvalue weighted by Gasteiger charge is -2.64. The molecule has 7 heteroatoms. The van der Waals surface area contributed by atoms with E-state index in [1.54, 1.807) is 19.9 Å². The monoisotopic (exact) mass is 412 g/mol. The minimum Gasteiger partial charge on any atom is -0.391 e. The number of carbonyl (C=O) groups is 2. The second-order valence-electron chi connectivity index (χ2n) is 9.34. The summed E-state index contributed by atoms with van der Waals surface area (Å²) >= 11 is 7.15. The zero-order valence-corrected chi connectivity index (χ0v) is 16.7. The van der Waals surface area contributed by atoms with E-state index in [9.17, 15) is 24.9 Å². The summed E-state index contributed by atoms with van der Waals surface area (Å²) in [6.45, 7) is 2.70. The van der Waals surface area contributed by atoms with E-state index in [2.05, 4.69) is 0 Å². The Morgan fingerprint density at radius 2 is 2.04 bits per heavy atom. The van der Waals surface area contributed by atoms with E-state index in [1.807, 2.05) is 0 Å². The minimum atomic E-state index is -1.77. The summed E-state index contributed by atoms with van der Waals surface area (Å²) < 4.78 is 15.2. The quantitative estimate of drug-likeness (QED) is 0.602. The van der Waals surface area contributed by atoms with Gasteiger partial charge in [0.2, 0.25) is 0 Å². The molecule has 0 aromatic carbocycles. The van der Waals surface area contributed by atoms with Gasteiger partial charge in [0, 0.05) is 10.8 Å². The van der Waals surface area contributed by atoms with Crippen LogP contribution in [0.1, 0.15) is 39.5 Å². The number of Topliss-reactive ketones (excluding diaryl/α,β-unsaturated/α-hetero) is 1. The lowest BCUT2D eigenvalue weighted by molar-refractivity contribution is -0.175. The first kappa shape index (κ1) is 20.2. The number of hydrogen-bond acceptors (Lipinski definition) is 5. The van der Waals surface area contributed by atoms with Crippen LogP contribution in [0.4, 0.5) is 4.39 Å². The number of halogens is 2. The molecule has 0 aromatic heterocycles. The van der Waals surface area contributed by atoms with Gasteiger partial charge in [-0.1, -0.05) is 19.9 Å². The average Bonchev–Trinajstić information content (AvgIpc) is 2.91. The molecule has 0 aliphatic heterocycles. The maximum absolute atomic E-state index is 15.2. The van der Waals surface area contributed by atoms with Gasteiger partial charge in [-0.25, -0.2) is 4.39 Å². The molecular weight excluding hydrogens is 387 g/mol. The predicted octanol–water partition coefficient (Wildman–Crippen LogP) is 1.87. The molecule has 3 fully saturated rings. The maximum atomic E-state index is 15.2. The summed E-state index contributed by atoms with van der Waals surface area (Å²) in [6.07, 6.45) is 2.40. The molecule has 4 aliphatic carbocycles. The van der Waals surface area contributed by atoms with Crippen molar-refractivity contribution in [2.24, 2.45) is 22.7 Å². The third kappa shape index (κ3) is 2.12. The molecule has 28 heavy (non-hydrogen) atoms. The molecule has 154 valence electrons. The molecule has 0 radical (unpaired) electrons. The topological polar surface area (TPSA) is 94.8 Å². The van der Waals surface area contributed by atoms with Crippen molar-refractivity contribution in [3.05, 3.63) is 23.8 Å². The number of rotatable bonds is 2. The third-order valence-corrected chi connectivity index (χ3v) is 9.31. The Bertz CT molecular complexity index is 811. The van der Waals surface area contributed by atoms with Crippen LogP contribution in [-0.2, 0) is 9.59 Å². The van der Waals surface area contributed by atoms with Gasteiger partial charge in [0.25, 0.3) is 0 Å². The van der Waals surface area contributed by atoms with E-state index in [0.29, 0.717) is 6.42 Å². The van der Waals surface area contributed by atoms with Gasteiger partial charge in [0.1, 0.15) is 18.4 Å². The molecule has 0 spiro atoms. The van der Waals surface area contributed by atoms with Crippen molar-refractivity contribution in [1.82, 2.24) is 0 Å². The van der Waals surface area contributed by atoms with Gasteiger partial charge in [-0.15, -0.1) is 11.6 Å². The van der Waals surface area contributed by atoms with Crippen LogP contribution in [0.3, 0.4) is 0 Å². The summed E-state index contributed by atoms with van der Waals surface area (Å²) in [7, 11) is 0. The molecular formula is C21H26ClFO5. The molecule has 2 unspecified atom stereocenters. The van der Waals surface area contributed by atoms with E-state index < -0.39 is 51.9 Å². The number of ketones is 2. The second kappa shape index (κ2) is 5.97. The van der Waals surface area contributed by atoms with Crippen LogP contribution in [-0.4, -0.2) is 56.2 Å². The Morgan fingerprint density at radius 3 is 2.68 bits per heavy atom. The van der Waals surface area contributed by atoms with Crippen molar-refractivity contribution in [2.75, 3.05) is 6.61 Å². The predicted molar refractivity (Wildman–Crippen MR) is 100 cm³/mol. The molecule has 4 rings (SSSR count). The van der Waals surface area contributed by atoms with E-state index in [4.69, 9.17) is 11.6 Å². The Morgan fingerprint density at radius 1 is 1.36 bits per heavy atom. The number of fused-ring (bicyclic) bond motifs is 5. The summed E-state index contributed by atoms with van der Waals surface area (Å²) in [6, 6.07) is 0. The van der Waals surface area contributed by atoms with Gasteiger partial charge in [0.15, 0.2) is 11.6 Å². The Labute approximate surface area is 168 Å². The van der Waals surface area contributed by atoms with Crippen molar-refractivity contribution in [3.63, 3.8) is 0 Å². The summed E-state index contributed by atoms with van der Waals surface area (Å²) in [5.41, 5.74) is -3.55. The average molecular weight is 413 g/mol. The van der Waals surface area contributed by atoms with Crippen LogP contribution in [0, 0.1) is 22.7 Å². The van der Waals surface area contributed by atoms with Crippen molar-refractivity contribution in [3.8, 4) is 0 Å². The normalized spacial score (nSPS) is 52.5. The van der Waals surface area contributed by atoms with Crippen molar-refractivity contribution in [1.29, 1.82) is 0 Å². The maximum Gasteiger partial charge on any atom is 0.190 e. The van der Waals surface area contributed by atoms with Crippen LogP contribution in [0.25, 0.3) is 0 Å². The zero-order chi connectivity index (χ0) is 20.7. The zero-order valence-electron chi connectivity index (χ0n) is 16.0. The van der Waals surface area contributed by atoms with Gasteiger partial charge < -0.3 is 15.3 Å². The van der Waals surface area contributed by atoms with Crippen LogP contribution < -0.4 is 0 Å². The summed E-state index contributed by atoms with van der Waals surface area (Å²) in [4.78, 5) is 23.0. The lowest BCUT2D eigenvalue weighted by atomic mass is 9.45. The van der Waals surface area contributed by atoms with Crippen LogP contribution >= 0.6 is 11.6 Å². The number of alkyl halides is 2. The van der Waals surface area contributed by atoms with Gasteiger partial charge in [-0.05, 0) is 55.2 Å². The summed E-state index contributed by atoms with van der Waals surface area (Å²) in [5.74, 6) is -1.77. The van der Waals surface area contributed by atoms with Crippen molar-refractivity contribution in [2.45, 2.75) is 62.3 Å². The molecule has 3 saturated carbocycles. The smallest absolute Gasteiger partial charge is 0.190 e. The minimum absolute atomic E-state index is 0.0206. The Hall–Kier alpha value is -1.08. The molecule has 0 saturated heterocycles. The molecule has 0 amide bonds. The van der Waals surface area contributed by atoms with Crippen LogP contribution in [0.5, 0.6) is 0 Å². The number of allylic oxidation sites excluding steroid dienone is 4. The molecule has 8 atom stereocenters. The largest absolute Gasteiger partial charge is 0.391 e. The Balaban J connectivity index is 1.84. The molecule has 4 aliphatic rings. The van der Waals surface area contributed by atoms with Crippen molar-refractivity contribution >= 4 is 23.2 Å². The van der Waals surface area contributed by atoms with E-state index in [0.717, 1.165) is 0 Å². The highest BCUT2D eigenvalue weighted by Crippen LogP contribution is 2.70. The van der Waals surface area contributed by atoms with E-state index in [1.165, 1.54) is 12.2 Å². The summed E-state index contributed by atoms with van der Waals surface area (Å²) in [5, 5.41) is 31.8. The van der Waals surface area contributed by atoms with Crippen LogP contribution in [0.2, 0.25) is 0 Å². The highest BCUT2D eigenvalue weighted by Gasteiger charge is 2.73. The molecule has 0 heterocycles. The van der Waals surface area contributed by atoms with Crippen molar-refractivity contribution < 1.29 is 29.3 Å². The number of hydrogen-bond donors (Lipinski definition) is 3. The SMILES string of the molecule is C[C@]12C=CC(=O)C=C1C(F)C[C@H]1[C@@H]3CC[C@](O)(C(=O)CO)[C@@]3(C)CC(O)[C@@]12Cl. The third-order valence-electron chi connectivity index (χ3n) is 8.39. The fraction of sp³-hybridized carbons (Fsp3) is 0.714. The molecule has 0 aromatic rings. The van der Waals surface area contributed by atoms with E-state index in [-0.39, 0.29) is 36.5 Å². The lowest BCUT2D eigenvalue weighted by Crippen LogP contribution is -2.69. The number of aliphatic hydroxyl groups is 3. The highest BCUT2D eigenvalue weighted by molar-refractivity contribution is 6.26. The Kier molecular flexibility index (Phi) is 4.31. The highest BCUT2D eigenvalue weighted by atomic mass is 35.5. The fourth-order valence-electron chi connectivity index (χ4n) is 6.80. The fourth-order valence-corrected chi connectivity index (χ4v) is 7.29. The first-order valence-electron chi connectivity index (χ1n) is 9.78. The molecule has 3 N–H and O–H groups in total. The van der Waals surface area contributed by atoms with Gasteiger partial charge >= 0.3 is 0 Å². The van der Waals surface area contributed by atoms with E-state index >= 15 is 4.39 Å².